The van der Waals surface area contributed by atoms with Crippen molar-refractivity contribution in [1.82, 2.24) is 10.2 Å². The van der Waals surface area contributed by atoms with Crippen molar-refractivity contribution < 1.29 is 9.90 Å². The Balaban J connectivity index is 1.97. The molecule has 1 aromatic heterocycles. The van der Waals surface area contributed by atoms with Gasteiger partial charge in [0, 0.05) is 5.56 Å². The van der Waals surface area contributed by atoms with Gasteiger partial charge in [-0.05, 0) is 30.5 Å². The van der Waals surface area contributed by atoms with Gasteiger partial charge in [-0.3, -0.25) is 9.89 Å². The predicted octanol–water partition coefficient (Wildman–Crippen LogP) is 1.19. The number of aryl methyl sites for hydroxylation is 1. The van der Waals surface area contributed by atoms with Crippen LogP contribution in [0.1, 0.15) is 18.1 Å². The van der Waals surface area contributed by atoms with Crippen molar-refractivity contribution in [2.45, 2.75) is 25.8 Å². The number of H-pyrrole nitrogens is 1. The van der Waals surface area contributed by atoms with Gasteiger partial charge in [0.15, 0.2) is 0 Å². The number of hydrogen-bond donors (Lipinski definition) is 4. The average Bonchev–Trinajstić information content (AvgIpc) is 2.88. The van der Waals surface area contributed by atoms with Gasteiger partial charge in [-0.2, -0.15) is 5.10 Å². The molecule has 1 unspecified atom stereocenters. The lowest BCUT2D eigenvalue weighted by Crippen LogP contribution is -2.37. The average molecular weight is 274 g/mol. The SMILES string of the molecule is CCc1cn[nH]c1NC(=O)C(N)Cc1ccc(O)cc1. The molecule has 6 heteroatoms. The first-order chi connectivity index (χ1) is 9.60. The Morgan fingerprint density at radius 3 is 2.80 bits per heavy atom. The molecule has 0 saturated carbocycles. The molecule has 0 bridgehead atoms. The molecule has 0 radical (unpaired) electrons. The molecule has 0 aliphatic heterocycles. The van der Waals surface area contributed by atoms with E-state index in [-0.39, 0.29) is 11.7 Å². The highest BCUT2D eigenvalue weighted by Gasteiger charge is 2.16. The van der Waals surface area contributed by atoms with Gasteiger partial charge in [-0.1, -0.05) is 19.1 Å². The van der Waals surface area contributed by atoms with Crippen LogP contribution in [0.15, 0.2) is 30.5 Å². The van der Waals surface area contributed by atoms with E-state index in [0.717, 1.165) is 17.5 Å². The van der Waals surface area contributed by atoms with Crippen LogP contribution in [0.25, 0.3) is 0 Å². The Labute approximate surface area is 117 Å². The van der Waals surface area contributed by atoms with E-state index < -0.39 is 6.04 Å². The Morgan fingerprint density at radius 1 is 1.45 bits per heavy atom. The van der Waals surface area contributed by atoms with Gasteiger partial charge in [0.2, 0.25) is 5.91 Å². The lowest BCUT2D eigenvalue weighted by Gasteiger charge is -2.12. The van der Waals surface area contributed by atoms with Gasteiger partial charge in [-0.25, -0.2) is 0 Å². The highest BCUT2D eigenvalue weighted by molar-refractivity contribution is 5.94. The van der Waals surface area contributed by atoms with Crippen LogP contribution in [0.4, 0.5) is 5.82 Å². The van der Waals surface area contributed by atoms with Crippen molar-refractivity contribution in [2.75, 3.05) is 5.32 Å². The van der Waals surface area contributed by atoms with Crippen LogP contribution in [0.2, 0.25) is 0 Å². The van der Waals surface area contributed by atoms with E-state index in [0.29, 0.717) is 12.2 Å². The van der Waals surface area contributed by atoms with Crippen LogP contribution in [-0.4, -0.2) is 27.3 Å². The number of rotatable bonds is 5. The van der Waals surface area contributed by atoms with Gasteiger partial charge >= 0.3 is 0 Å². The number of aromatic amines is 1. The summed E-state index contributed by atoms with van der Waals surface area (Å²) >= 11 is 0. The molecule has 5 N–H and O–H groups in total. The molecule has 2 rings (SSSR count). The number of carbonyl (C=O) groups excluding carboxylic acids is 1. The fourth-order valence-corrected chi connectivity index (χ4v) is 1.88. The van der Waals surface area contributed by atoms with E-state index in [1.807, 2.05) is 6.92 Å². The summed E-state index contributed by atoms with van der Waals surface area (Å²) in [4.78, 5) is 12.0. The number of nitrogens with zero attached hydrogens (tertiary/aromatic N) is 1. The Bertz CT molecular complexity index is 577. The van der Waals surface area contributed by atoms with E-state index in [9.17, 15) is 9.90 Å². The summed E-state index contributed by atoms with van der Waals surface area (Å²) in [6.45, 7) is 1.98. The molecule has 0 aliphatic carbocycles. The third-order valence-corrected chi connectivity index (χ3v) is 3.08. The number of benzene rings is 1. The molecular weight excluding hydrogens is 256 g/mol. The monoisotopic (exact) mass is 274 g/mol. The van der Waals surface area contributed by atoms with Gasteiger partial charge in [0.05, 0.1) is 12.2 Å². The number of aromatic nitrogens is 2. The number of nitrogens with two attached hydrogens (primary N) is 1. The molecule has 0 aliphatic rings. The molecule has 1 heterocycles. The molecule has 1 amide bonds. The zero-order valence-electron chi connectivity index (χ0n) is 11.3. The quantitative estimate of drug-likeness (QED) is 0.657. The minimum atomic E-state index is -0.660. The molecule has 0 saturated heterocycles. The van der Waals surface area contributed by atoms with Crippen LogP contribution in [0, 0.1) is 0 Å². The second-order valence-electron chi connectivity index (χ2n) is 4.59. The maximum Gasteiger partial charge on any atom is 0.242 e. The standard InChI is InChI=1S/C14H18N4O2/c1-2-10-8-16-18-13(10)17-14(20)12(15)7-9-3-5-11(19)6-4-9/h3-6,8,12,19H,2,7,15H2,1H3,(H2,16,17,18,20). The summed E-state index contributed by atoms with van der Waals surface area (Å²) in [5.41, 5.74) is 7.72. The van der Waals surface area contributed by atoms with Gasteiger partial charge in [0.1, 0.15) is 11.6 Å². The molecular formula is C14H18N4O2. The molecule has 0 spiro atoms. The number of carbonyl (C=O) groups is 1. The predicted molar refractivity (Wildman–Crippen MR) is 76.4 cm³/mol. The van der Waals surface area contributed by atoms with Crippen molar-refractivity contribution in [3.05, 3.63) is 41.6 Å². The fraction of sp³-hybridized carbons (Fsp3) is 0.286. The summed E-state index contributed by atoms with van der Waals surface area (Å²) in [7, 11) is 0. The van der Waals surface area contributed by atoms with Crippen LogP contribution >= 0.6 is 0 Å². The number of anilines is 1. The van der Waals surface area contributed by atoms with Crippen molar-refractivity contribution >= 4 is 11.7 Å². The van der Waals surface area contributed by atoms with Crippen LogP contribution < -0.4 is 11.1 Å². The van der Waals surface area contributed by atoms with E-state index in [4.69, 9.17) is 5.73 Å². The summed E-state index contributed by atoms with van der Waals surface area (Å²) < 4.78 is 0. The summed E-state index contributed by atoms with van der Waals surface area (Å²) in [6.07, 6.45) is 2.86. The Morgan fingerprint density at radius 2 is 2.15 bits per heavy atom. The minimum absolute atomic E-state index is 0.192. The van der Waals surface area contributed by atoms with E-state index in [1.165, 1.54) is 0 Å². The van der Waals surface area contributed by atoms with Gasteiger partial charge in [-0.15, -0.1) is 0 Å². The van der Waals surface area contributed by atoms with Crippen LogP contribution in [0.3, 0.4) is 0 Å². The lowest BCUT2D eigenvalue weighted by atomic mass is 10.1. The molecule has 106 valence electrons. The maximum absolute atomic E-state index is 12.0. The van der Waals surface area contributed by atoms with Crippen LogP contribution in [-0.2, 0) is 17.6 Å². The van der Waals surface area contributed by atoms with E-state index in [1.54, 1.807) is 30.5 Å². The normalized spacial score (nSPS) is 12.1. The second-order valence-corrected chi connectivity index (χ2v) is 4.59. The molecule has 20 heavy (non-hydrogen) atoms. The number of nitrogens with one attached hydrogen (secondary N) is 2. The molecule has 1 aromatic carbocycles. The number of amides is 1. The first kappa shape index (κ1) is 14.1. The molecule has 1 atom stereocenters. The van der Waals surface area contributed by atoms with Gasteiger partial charge in [0.25, 0.3) is 0 Å². The topological polar surface area (TPSA) is 104 Å². The Kier molecular flexibility index (Phi) is 4.37. The second kappa shape index (κ2) is 6.21. The third-order valence-electron chi connectivity index (χ3n) is 3.08. The van der Waals surface area contributed by atoms with Crippen molar-refractivity contribution in [2.24, 2.45) is 5.73 Å². The van der Waals surface area contributed by atoms with E-state index >= 15 is 0 Å². The van der Waals surface area contributed by atoms with Gasteiger partial charge < -0.3 is 16.2 Å². The zero-order chi connectivity index (χ0) is 14.5. The van der Waals surface area contributed by atoms with E-state index in [2.05, 4.69) is 15.5 Å². The zero-order valence-corrected chi connectivity index (χ0v) is 11.3. The third kappa shape index (κ3) is 3.36. The lowest BCUT2D eigenvalue weighted by molar-refractivity contribution is -0.117. The fourth-order valence-electron chi connectivity index (χ4n) is 1.88. The number of phenolic OH excluding ortho intramolecular Hbond substituents is 1. The highest BCUT2D eigenvalue weighted by atomic mass is 16.3. The first-order valence-corrected chi connectivity index (χ1v) is 6.46. The summed E-state index contributed by atoms with van der Waals surface area (Å²) in [5, 5.41) is 18.6. The largest absolute Gasteiger partial charge is 0.508 e. The maximum atomic E-state index is 12.0. The molecule has 2 aromatic rings. The van der Waals surface area contributed by atoms with Crippen molar-refractivity contribution in [1.29, 1.82) is 0 Å². The molecule has 6 nitrogen and oxygen atoms in total. The van der Waals surface area contributed by atoms with Crippen molar-refractivity contribution in [3.8, 4) is 5.75 Å². The number of phenols is 1. The first-order valence-electron chi connectivity index (χ1n) is 6.46. The Hall–Kier alpha value is -2.34. The molecule has 0 fully saturated rings. The number of hydrogen-bond acceptors (Lipinski definition) is 4. The summed E-state index contributed by atoms with van der Waals surface area (Å²) in [5.74, 6) is 0.521. The number of aromatic hydroxyl groups is 1. The smallest absolute Gasteiger partial charge is 0.242 e. The minimum Gasteiger partial charge on any atom is -0.508 e. The highest BCUT2D eigenvalue weighted by Crippen LogP contribution is 2.13. The van der Waals surface area contributed by atoms with Crippen LogP contribution in [0.5, 0.6) is 5.75 Å². The van der Waals surface area contributed by atoms with Crippen molar-refractivity contribution in [3.63, 3.8) is 0 Å². The summed E-state index contributed by atoms with van der Waals surface area (Å²) in [6, 6.07) is 5.98.